The lowest BCUT2D eigenvalue weighted by Gasteiger charge is -2.08. The van der Waals surface area contributed by atoms with Crippen molar-refractivity contribution < 1.29 is 19.0 Å². The molecule has 25 heavy (non-hydrogen) atoms. The molecule has 0 saturated heterocycles. The number of rotatable bonds is 9. The van der Waals surface area contributed by atoms with E-state index in [9.17, 15) is 4.79 Å². The Morgan fingerprint density at radius 1 is 1.04 bits per heavy atom. The summed E-state index contributed by atoms with van der Waals surface area (Å²) in [6.45, 7) is 2.97. The summed E-state index contributed by atoms with van der Waals surface area (Å²) in [6, 6.07) is 17.5. The summed E-state index contributed by atoms with van der Waals surface area (Å²) < 4.78 is 16.0. The highest BCUT2D eigenvalue weighted by Crippen LogP contribution is 2.17. The second-order valence-corrected chi connectivity index (χ2v) is 5.55. The van der Waals surface area contributed by atoms with Crippen molar-refractivity contribution in [3.8, 4) is 5.75 Å². The van der Waals surface area contributed by atoms with Crippen molar-refractivity contribution in [2.45, 2.75) is 26.4 Å². The quantitative estimate of drug-likeness (QED) is 0.290. The number of hydrogen-bond acceptors (Lipinski definition) is 4. The smallest absolute Gasteiger partial charge is 0.373 e. The van der Waals surface area contributed by atoms with Crippen molar-refractivity contribution in [2.75, 3.05) is 13.7 Å². The fourth-order valence-corrected chi connectivity index (χ4v) is 2.13. The van der Waals surface area contributed by atoms with E-state index in [2.05, 4.69) is 0 Å². The molecule has 0 radical (unpaired) electrons. The van der Waals surface area contributed by atoms with Crippen molar-refractivity contribution in [3.63, 3.8) is 0 Å². The van der Waals surface area contributed by atoms with Crippen LogP contribution in [-0.2, 0) is 20.9 Å². The molecule has 0 N–H and O–H groups in total. The van der Waals surface area contributed by atoms with Gasteiger partial charge in [-0.1, -0.05) is 55.8 Å². The molecule has 0 unspecified atom stereocenters. The predicted molar refractivity (Wildman–Crippen MR) is 98.1 cm³/mol. The number of unbranched alkanes of at least 4 members (excludes halogenated alkanes) is 1. The molecule has 0 heterocycles. The Morgan fingerprint density at radius 3 is 2.40 bits per heavy atom. The van der Waals surface area contributed by atoms with Crippen LogP contribution in [0.5, 0.6) is 5.75 Å². The van der Waals surface area contributed by atoms with Crippen LogP contribution in [-0.4, -0.2) is 19.7 Å². The van der Waals surface area contributed by atoms with Gasteiger partial charge in [0.1, 0.15) is 12.4 Å². The maximum Gasteiger partial charge on any atom is 0.373 e. The first-order valence-corrected chi connectivity index (χ1v) is 8.42. The topological polar surface area (TPSA) is 44.8 Å². The molecule has 132 valence electrons. The van der Waals surface area contributed by atoms with Crippen LogP contribution in [0.1, 0.15) is 30.9 Å². The van der Waals surface area contributed by atoms with E-state index >= 15 is 0 Å². The molecule has 0 aliphatic carbocycles. The van der Waals surface area contributed by atoms with Gasteiger partial charge in [-0.25, -0.2) is 4.79 Å². The highest BCUT2D eigenvalue weighted by molar-refractivity contribution is 5.91. The lowest BCUT2D eigenvalue weighted by molar-refractivity contribution is -0.142. The molecular formula is C21H24O4. The molecule has 0 saturated carbocycles. The first-order chi connectivity index (χ1) is 12.2. The second kappa shape index (κ2) is 10.2. The average molecular weight is 340 g/mol. The van der Waals surface area contributed by atoms with Gasteiger partial charge in [-0.3, -0.25) is 0 Å². The minimum Gasteiger partial charge on any atom is -0.490 e. The Morgan fingerprint density at radius 2 is 1.76 bits per heavy atom. The van der Waals surface area contributed by atoms with Gasteiger partial charge in [-0.05, 0) is 35.8 Å². The third-order valence-corrected chi connectivity index (χ3v) is 3.58. The van der Waals surface area contributed by atoms with Gasteiger partial charge in [0.05, 0.1) is 13.7 Å². The minimum atomic E-state index is -0.444. The Hall–Kier alpha value is -2.75. The minimum absolute atomic E-state index is 0.189. The van der Waals surface area contributed by atoms with Crippen molar-refractivity contribution >= 4 is 12.0 Å². The van der Waals surface area contributed by atoms with Gasteiger partial charge in [-0.15, -0.1) is 0 Å². The summed E-state index contributed by atoms with van der Waals surface area (Å²) in [4.78, 5) is 11.9. The normalized spacial score (nSPS) is 11.0. The van der Waals surface area contributed by atoms with Crippen LogP contribution >= 0.6 is 0 Å². The molecule has 4 heteroatoms. The fourth-order valence-electron chi connectivity index (χ4n) is 2.13. The van der Waals surface area contributed by atoms with Crippen molar-refractivity contribution in [2.24, 2.45) is 0 Å². The summed E-state index contributed by atoms with van der Waals surface area (Å²) in [5, 5.41) is 0. The number of carbonyl (C=O) groups is 1. The zero-order chi connectivity index (χ0) is 17.9. The zero-order valence-corrected chi connectivity index (χ0v) is 14.7. The van der Waals surface area contributed by atoms with Crippen molar-refractivity contribution in [3.05, 3.63) is 71.5 Å². The van der Waals surface area contributed by atoms with Gasteiger partial charge in [-0.2, -0.15) is 0 Å². The maximum absolute atomic E-state index is 11.9. The number of carbonyl (C=O) groups excluding carboxylic acids is 1. The fraction of sp³-hybridized carbons (Fsp3) is 0.286. The number of ether oxygens (including phenoxy) is 3. The van der Waals surface area contributed by atoms with Crippen LogP contribution in [0.15, 0.2) is 60.4 Å². The molecule has 2 rings (SSSR count). The standard InChI is InChI=1S/C21H24O4/c1-3-4-14-24-21(22)20(23-2)15-17-10-12-19(13-11-17)25-16-18-8-6-5-7-9-18/h5-13,15H,3-4,14,16H2,1-2H3. The average Bonchev–Trinajstić information content (AvgIpc) is 2.66. The third kappa shape index (κ3) is 6.34. The number of hydrogen-bond donors (Lipinski definition) is 0. The van der Waals surface area contributed by atoms with E-state index < -0.39 is 5.97 Å². The molecule has 2 aromatic carbocycles. The van der Waals surface area contributed by atoms with E-state index in [1.54, 1.807) is 6.08 Å². The Labute approximate surface area is 149 Å². The van der Waals surface area contributed by atoms with Crippen LogP contribution in [0.3, 0.4) is 0 Å². The molecule has 2 aromatic rings. The van der Waals surface area contributed by atoms with E-state index in [4.69, 9.17) is 14.2 Å². The zero-order valence-electron chi connectivity index (χ0n) is 14.7. The summed E-state index contributed by atoms with van der Waals surface area (Å²) >= 11 is 0. The van der Waals surface area contributed by atoms with E-state index in [0.29, 0.717) is 13.2 Å². The summed E-state index contributed by atoms with van der Waals surface area (Å²) in [5.41, 5.74) is 1.96. The van der Waals surface area contributed by atoms with Gasteiger partial charge in [0.2, 0.25) is 5.76 Å². The first-order valence-electron chi connectivity index (χ1n) is 8.42. The lowest BCUT2D eigenvalue weighted by Crippen LogP contribution is -2.10. The maximum atomic E-state index is 11.9. The SMILES string of the molecule is CCCCOC(=O)C(=Cc1ccc(OCc2ccccc2)cc1)OC. The van der Waals surface area contributed by atoms with Crippen molar-refractivity contribution in [1.82, 2.24) is 0 Å². The summed E-state index contributed by atoms with van der Waals surface area (Å²) in [5.74, 6) is 0.514. The van der Waals surface area contributed by atoms with E-state index in [1.165, 1.54) is 7.11 Å². The Kier molecular flexibility index (Phi) is 7.57. The molecule has 0 bridgehead atoms. The van der Waals surface area contributed by atoms with Crippen LogP contribution in [0.4, 0.5) is 0 Å². The molecule has 0 aromatic heterocycles. The third-order valence-electron chi connectivity index (χ3n) is 3.58. The molecule has 0 amide bonds. The monoisotopic (exact) mass is 340 g/mol. The molecule has 0 spiro atoms. The summed E-state index contributed by atoms with van der Waals surface area (Å²) in [7, 11) is 1.46. The number of benzene rings is 2. The van der Waals surface area contributed by atoms with Gasteiger partial charge >= 0.3 is 5.97 Å². The number of methoxy groups -OCH3 is 1. The van der Waals surface area contributed by atoms with Gasteiger partial charge in [0, 0.05) is 0 Å². The first kappa shape index (κ1) is 18.6. The van der Waals surface area contributed by atoms with Crippen LogP contribution in [0, 0.1) is 0 Å². The van der Waals surface area contributed by atoms with Crippen LogP contribution in [0.2, 0.25) is 0 Å². The van der Waals surface area contributed by atoms with Crippen LogP contribution in [0.25, 0.3) is 6.08 Å². The Balaban J connectivity index is 1.94. The summed E-state index contributed by atoms with van der Waals surface area (Å²) in [6.07, 6.45) is 3.48. The van der Waals surface area contributed by atoms with Crippen molar-refractivity contribution in [1.29, 1.82) is 0 Å². The predicted octanol–water partition coefficient (Wildman–Crippen LogP) is 4.60. The Bertz CT molecular complexity index is 675. The van der Waals surface area contributed by atoms with E-state index in [1.807, 2.05) is 61.5 Å². The van der Waals surface area contributed by atoms with E-state index in [-0.39, 0.29) is 5.76 Å². The van der Waals surface area contributed by atoms with Gasteiger partial charge < -0.3 is 14.2 Å². The molecular weight excluding hydrogens is 316 g/mol. The highest BCUT2D eigenvalue weighted by atomic mass is 16.6. The van der Waals surface area contributed by atoms with Gasteiger partial charge in [0.25, 0.3) is 0 Å². The largest absolute Gasteiger partial charge is 0.490 e. The molecule has 0 fully saturated rings. The molecule has 0 aliphatic heterocycles. The lowest BCUT2D eigenvalue weighted by atomic mass is 10.2. The highest BCUT2D eigenvalue weighted by Gasteiger charge is 2.11. The van der Waals surface area contributed by atoms with Crippen LogP contribution < -0.4 is 4.74 Å². The molecule has 4 nitrogen and oxygen atoms in total. The molecule has 0 aliphatic rings. The second-order valence-electron chi connectivity index (χ2n) is 5.55. The number of esters is 1. The molecule has 0 atom stereocenters. The van der Waals surface area contributed by atoms with Gasteiger partial charge in [0.15, 0.2) is 0 Å². The van der Waals surface area contributed by atoms with E-state index in [0.717, 1.165) is 29.7 Å².